The summed E-state index contributed by atoms with van der Waals surface area (Å²) in [5.41, 5.74) is 8.03. The first-order valence-electron chi connectivity index (χ1n) is 10.7. The summed E-state index contributed by atoms with van der Waals surface area (Å²) >= 11 is 0. The van der Waals surface area contributed by atoms with Gasteiger partial charge >= 0.3 is 0 Å². The molecule has 2 fully saturated rings. The first-order chi connectivity index (χ1) is 15.0. The molecule has 2 aromatic rings. The van der Waals surface area contributed by atoms with E-state index in [9.17, 15) is 0 Å². The SMILES string of the molecule is CC1(COc2ccc3c(c2)[C@]2(COC(N)=N2)c2cc(C#CC4CC4)ccc2O3)COC1. The minimum absolute atomic E-state index is 0.0604. The summed E-state index contributed by atoms with van der Waals surface area (Å²) in [5, 5.41) is 0. The summed E-state index contributed by atoms with van der Waals surface area (Å²) in [4.78, 5) is 4.76. The summed E-state index contributed by atoms with van der Waals surface area (Å²) in [7, 11) is 0. The number of amidine groups is 1. The average Bonchev–Trinajstić information content (AvgIpc) is 3.51. The lowest BCUT2D eigenvalue weighted by atomic mass is 9.80. The zero-order chi connectivity index (χ0) is 21.1. The highest BCUT2D eigenvalue weighted by molar-refractivity contribution is 5.77. The fraction of sp³-hybridized carbons (Fsp3) is 0.400. The quantitative estimate of drug-likeness (QED) is 0.775. The van der Waals surface area contributed by atoms with Crippen molar-refractivity contribution in [3.05, 3.63) is 53.1 Å². The number of rotatable bonds is 3. The van der Waals surface area contributed by atoms with Gasteiger partial charge in [-0.3, -0.25) is 0 Å². The van der Waals surface area contributed by atoms with Crippen molar-refractivity contribution >= 4 is 6.02 Å². The van der Waals surface area contributed by atoms with Crippen molar-refractivity contribution < 1.29 is 18.9 Å². The lowest BCUT2D eigenvalue weighted by Crippen LogP contribution is -2.44. The molecule has 3 aliphatic heterocycles. The van der Waals surface area contributed by atoms with E-state index < -0.39 is 5.54 Å². The van der Waals surface area contributed by atoms with Gasteiger partial charge in [-0.1, -0.05) is 18.8 Å². The van der Waals surface area contributed by atoms with Crippen LogP contribution in [0.5, 0.6) is 17.2 Å². The maximum Gasteiger partial charge on any atom is 0.283 e. The highest BCUT2D eigenvalue weighted by Gasteiger charge is 2.47. The molecule has 4 aliphatic rings. The number of benzene rings is 2. The molecule has 3 heterocycles. The Bertz CT molecular complexity index is 1150. The van der Waals surface area contributed by atoms with Gasteiger partial charge in [0.15, 0.2) is 5.54 Å². The van der Waals surface area contributed by atoms with Gasteiger partial charge in [-0.2, -0.15) is 0 Å². The lowest BCUT2D eigenvalue weighted by Gasteiger charge is -2.38. The average molecular weight is 416 g/mol. The molecule has 1 spiro atoms. The van der Waals surface area contributed by atoms with E-state index in [1.165, 1.54) is 12.8 Å². The summed E-state index contributed by atoms with van der Waals surface area (Å²) in [5.74, 6) is 9.41. The number of hydrogen-bond donors (Lipinski definition) is 1. The molecule has 1 saturated carbocycles. The molecule has 0 radical (unpaired) electrons. The van der Waals surface area contributed by atoms with Crippen LogP contribution in [0, 0.1) is 23.2 Å². The van der Waals surface area contributed by atoms with Crippen LogP contribution in [0.2, 0.25) is 0 Å². The molecule has 0 unspecified atom stereocenters. The lowest BCUT2D eigenvalue weighted by molar-refractivity contribution is -0.120. The Kier molecular flexibility index (Phi) is 4.00. The third-order valence-electron chi connectivity index (χ3n) is 6.26. The number of nitrogens with zero attached hydrogens (tertiary/aromatic N) is 1. The molecule has 1 aliphatic carbocycles. The Balaban J connectivity index is 1.40. The van der Waals surface area contributed by atoms with Gasteiger partial charge < -0.3 is 24.7 Å². The molecular weight excluding hydrogens is 392 g/mol. The van der Waals surface area contributed by atoms with Gasteiger partial charge in [0, 0.05) is 28.0 Å². The van der Waals surface area contributed by atoms with Crippen molar-refractivity contribution in [3.63, 3.8) is 0 Å². The Morgan fingerprint density at radius 1 is 1.10 bits per heavy atom. The predicted octanol–water partition coefficient (Wildman–Crippen LogP) is 3.56. The van der Waals surface area contributed by atoms with E-state index in [0.29, 0.717) is 19.1 Å². The van der Waals surface area contributed by atoms with Crippen molar-refractivity contribution in [1.29, 1.82) is 0 Å². The first-order valence-corrected chi connectivity index (χ1v) is 10.7. The molecule has 6 heteroatoms. The van der Waals surface area contributed by atoms with Crippen LogP contribution in [0.15, 0.2) is 41.4 Å². The van der Waals surface area contributed by atoms with Crippen molar-refractivity contribution in [1.82, 2.24) is 0 Å². The summed E-state index contributed by atoms with van der Waals surface area (Å²) in [6.45, 7) is 4.51. The van der Waals surface area contributed by atoms with E-state index in [1.54, 1.807) is 0 Å². The van der Waals surface area contributed by atoms with Crippen LogP contribution < -0.4 is 15.2 Å². The molecule has 2 aromatic carbocycles. The summed E-state index contributed by atoms with van der Waals surface area (Å²) in [6, 6.07) is 12.0. The van der Waals surface area contributed by atoms with Gasteiger partial charge in [0.05, 0.1) is 19.8 Å². The molecule has 0 aromatic heterocycles. The number of hydrogen-bond acceptors (Lipinski definition) is 6. The third-order valence-corrected chi connectivity index (χ3v) is 6.26. The van der Waals surface area contributed by atoms with E-state index in [1.807, 2.05) is 30.3 Å². The molecule has 6 rings (SSSR count). The van der Waals surface area contributed by atoms with Crippen LogP contribution in [0.25, 0.3) is 0 Å². The van der Waals surface area contributed by atoms with Gasteiger partial charge in [0.1, 0.15) is 23.9 Å². The molecule has 0 amide bonds. The van der Waals surface area contributed by atoms with Crippen molar-refractivity contribution in [2.75, 3.05) is 26.4 Å². The molecule has 1 saturated heterocycles. The van der Waals surface area contributed by atoms with Crippen LogP contribution in [-0.2, 0) is 15.0 Å². The fourth-order valence-corrected chi connectivity index (χ4v) is 4.21. The maximum absolute atomic E-state index is 6.24. The van der Waals surface area contributed by atoms with Crippen molar-refractivity contribution in [2.45, 2.75) is 25.3 Å². The van der Waals surface area contributed by atoms with E-state index in [0.717, 1.165) is 47.2 Å². The molecule has 158 valence electrons. The first kappa shape index (κ1) is 18.6. The van der Waals surface area contributed by atoms with E-state index in [-0.39, 0.29) is 11.4 Å². The van der Waals surface area contributed by atoms with Crippen LogP contribution in [0.4, 0.5) is 0 Å². The minimum Gasteiger partial charge on any atom is -0.493 e. The zero-order valence-electron chi connectivity index (χ0n) is 17.4. The van der Waals surface area contributed by atoms with Crippen molar-refractivity contribution in [2.24, 2.45) is 22.1 Å². The fourth-order valence-electron chi connectivity index (χ4n) is 4.21. The maximum atomic E-state index is 6.24. The highest BCUT2D eigenvalue weighted by atomic mass is 16.5. The Morgan fingerprint density at radius 3 is 2.55 bits per heavy atom. The van der Waals surface area contributed by atoms with Gasteiger partial charge in [-0.15, -0.1) is 0 Å². The molecule has 6 nitrogen and oxygen atoms in total. The molecule has 31 heavy (non-hydrogen) atoms. The second-order valence-corrected chi connectivity index (χ2v) is 9.21. The topological polar surface area (TPSA) is 75.3 Å². The van der Waals surface area contributed by atoms with Gasteiger partial charge in [-0.25, -0.2) is 4.99 Å². The molecule has 2 N–H and O–H groups in total. The van der Waals surface area contributed by atoms with Gasteiger partial charge in [-0.05, 0) is 49.2 Å². The Morgan fingerprint density at radius 2 is 1.87 bits per heavy atom. The number of ether oxygens (including phenoxy) is 4. The summed E-state index contributed by atoms with van der Waals surface area (Å²) in [6.07, 6.45) is 2.39. The largest absolute Gasteiger partial charge is 0.493 e. The van der Waals surface area contributed by atoms with Gasteiger partial charge in [0.2, 0.25) is 0 Å². The smallest absolute Gasteiger partial charge is 0.283 e. The second kappa shape index (κ2) is 6.66. The standard InChI is InChI=1S/C25H24N2O4/c1-24(12-28-13-24)14-29-18-7-9-22-20(11-18)25(15-30-23(26)27-25)19-10-17(5-4-16-2-3-16)6-8-21(19)31-22/h6-11,16H,2-3,12-15H2,1H3,(H2,26,27)/t25-/m0/s1. The Labute approximate surface area is 181 Å². The van der Waals surface area contributed by atoms with E-state index >= 15 is 0 Å². The predicted molar refractivity (Wildman–Crippen MR) is 115 cm³/mol. The molecular formula is C25H24N2O4. The zero-order valence-corrected chi connectivity index (χ0v) is 17.4. The molecule has 0 bridgehead atoms. The van der Waals surface area contributed by atoms with Crippen LogP contribution in [0.1, 0.15) is 36.5 Å². The third kappa shape index (κ3) is 3.21. The normalized spacial score (nSPS) is 24.5. The molecule has 1 atom stereocenters. The minimum atomic E-state index is -0.771. The highest BCUT2D eigenvalue weighted by Crippen LogP contribution is 2.52. The van der Waals surface area contributed by atoms with Crippen LogP contribution in [0.3, 0.4) is 0 Å². The van der Waals surface area contributed by atoms with Crippen LogP contribution >= 0.6 is 0 Å². The van der Waals surface area contributed by atoms with E-state index in [4.69, 9.17) is 29.7 Å². The van der Waals surface area contributed by atoms with Crippen molar-refractivity contribution in [3.8, 4) is 29.1 Å². The van der Waals surface area contributed by atoms with Gasteiger partial charge in [0.25, 0.3) is 6.02 Å². The van der Waals surface area contributed by atoms with Crippen LogP contribution in [-0.4, -0.2) is 32.4 Å². The van der Waals surface area contributed by atoms with E-state index in [2.05, 4.69) is 24.8 Å². The summed E-state index contributed by atoms with van der Waals surface area (Å²) < 4.78 is 23.4. The number of nitrogens with two attached hydrogens (primary N) is 1. The Hall–Kier alpha value is -3.17. The number of fused-ring (bicyclic) bond motifs is 4. The second-order valence-electron chi connectivity index (χ2n) is 9.21. The monoisotopic (exact) mass is 416 g/mol. The number of aliphatic imine (C=N–C) groups is 1.